The minimum Gasteiger partial charge on any atom is -0.494 e. The smallest absolute Gasteiger partial charge is 0.248 e. The summed E-state index contributed by atoms with van der Waals surface area (Å²) in [6.45, 7) is 2.57. The van der Waals surface area contributed by atoms with Crippen molar-refractivity contribution in [1.29, 1.82) is 0 Å². The molecule has 36 heavy (non-hydrogen) atoms. The van der Waals surface area contributed by atoms with Crippen molar-refractivity contribution < 1.29 is 14.3 Å². The van der Waals surface area contributed by atoms with Crippen LogP contribution in [0.3, 0.4) is 0 Å². The number of ether oxygens (including phenoxy) is 1. The molecular weight excluding hydrogens is 490 g/mol. The fraction of sp³-hybridized carbons (Fsp3) is 0.107. The van der Waals surface area contributed by atoms with Crippen molar-refractivity contribution in [2.75, 3.05) is 23.0 Å². The first-order chi connectivity index (χ1) is 17.6. The second-order valence-electron chi connectivity index (χ2n) is 7.59. The number of hydrogen-bond acceptors (Lipinski definition) is 6. The fourth-order valence-electron chi connectivity index (χ4n) is 3.24. The van der Waals surface area contributed by atoms with Crippen LogP contribution in [0, 0.1) is 0 Å². The van der Waals surface area contributed by atoms with Gasteiger partial charge in [0.05, 0.1) is 18.1 Å². The Hall–Kier alpha value is -3.88. The van der Waals surface area contributed by atoms with Gasteiger partial charge < -0.3 is 15.4 Å². The number of nitrogens with zero attached hydrogens (tertiary/aromatic N) is 1. The minimum atomic E-state index is -0.217. The predicted molar refractivity (Wildman–Crippen MR) is 149 cm³/mol. The van der Waals surface area contributed by atoms with Crippen LogP contribution < -0.4 is 15.4 Å². The van der Waals surface area contributed by atoms with Gasteiger partial charge in [-0.2, -0.15) is 0 Å². The van der Waals surface area contributed by atoms with Gasteiger partial charge in [-0.25, -0.2) is 4.98 Å². The molecule has 0 saturated heterocycles. The minimum absolute atomic E-state index is 0.146. The van der Waals surface area contributed by atoms with Gasteiger partial charge in [-0.3, -0.25) is 9.59 Å². The number of carbonyl (C=O) groups is 2. The Morgan fingerprint density at radius 2 is 1.81 bits per heavy atom. The maximum Gasteiger partial charge on any atom is 0.248 e. The van der Waals surface area contributed by atoms with E-state index in [1.54, 1.807) is 6.08 Å². The second-order valence-corrected chi connectivity index (χ2v) is 9.50. The Balaban J connectivity index is 1.27. The number of hydrogen-bond donors (Lipinski definition) is 2. The zero-order valence-corrected chi connectivity index (χ0v) is 21.3. The lowest BCUT2D eigenvalue weighted by molar-refractivity contribution is -0.114. The molecule has 0 spiro atoms. The van der Waals surface area contributed by atoms with Crippen LogP contribution in [0.15, 0.2) is 95.2 Å². The average molecular weight is 516 g/mol. The third-order valence-corrected chi connectivity index (χ3v) is 6.66. The number of thioether (sulfide) groups is 1. The van der Waals surface area contributed by atoms with Crippen molar-refractivity contribution in [3.05, 3.63) is 95.9 Å². The molecule has 2 N–H and O–H groups in total. The van der Waals surface area contributed by atoms with Crippen LogP contribution in [-0.2, 0) is 9.59 Å². The maximum atomic E-state index is 12.5. The van der Waals surface area contributed by atoms with Gasteiger partial charge in [0, 0.05) is 27.6 Å². The Morgan fingerprint density at radius 3 is 2.58 bits per heavy atom. The summed E-state index contributed by atoms with van der Waals surface area (Å²) in [5.41, 5.74) is 3.38. The lowest BCUT2D eigenvalue weighted by Crippen LogP contribution is -2.13. The number of anilines is 2. The second kappa shape index (κ2) is 12.7. The average Bonchev–Trinajstić information content (AvgIpc) is 3.36. The zero-order chi connectivity index (χ0) is 25.2. The van der Waals surface area contributed by atoms with E-state index < -0.39 is 0 Å². The van der Waals surface area contributed by atoms with Gasteiger partial charge in [0.1, 0.15) is 5.75 Å². The van der Waals surface area contributed by atoms with Gasteiger partial charge in [-0.15, -0.1) is 23.1 Å². The first kappa shape index (κ1) is 25.2. The van der Waals surface area contributed by atoms with Crippen LogP contribution >= 0.6 is 23.1 Å². The van der Waals surface area contributed by atoms with Crippen LogP contribution in [0.5, 0.6) is 5.75 Å². The third-order valence-electron chi connectivity index (χ3n) is 4.91. The number of carbonyl (C=O) groups excluding carboxylic acids is 2. The lowest BCUT2D eigenvalue weighted by atomic mass is 10.2. The quantitative estimate of drug-likeness (QED) is 0.184. The third kappa shape index (κ3) is 7.56. The highest BCUT2D eigenvalue weighted by molar-refractivity contribution is 8.00. The fourth-order valence-corrected chi connectivity index (χ4v) is 4.73. The molecule has 3 aromatic carbocycles. The van der Waals surface area contributed by atoms with Gasteiger partial charge in [-0.05, 0) is 61.0 Å². The molecule has 1 aromatic heterocycles. The summed E-state index contributed by atoms with van der Waals surface area (Å²) in [4.78, 5) is 30.1. The Morgan fingerprint density at radius 1 is 1.00 bits per heavy atom. The van der Waals surface area contributed by atoms with Crippen LogP contribution in [0.4, 0.5) is 10.8 Å². The van der Waals surface area contributed by atoms with E-state index >= 15 is 0 Å². The molecular formula is C28H25N3O3S2. The molecule has 4 rings (SSSR count). The molecule has 0 fully saturated rings. The molecule has 0 bridgehead atoms. The summed E-state index contributed by atoms with van der Waals surface area (Å²) in [7, 11) is 0. The molecule has 4 aromatic rings. The Bertz CT molecular complexity index is 1340. The van der Waals surface area contributed by atoms with Gasteiger partial charge >= 0.3 is 0 Å². The summed E-state index contributed by atoms with van der Waals surface area (Å²) in [5.74, 6) is 0.677. The van der Waals surface area contributed by atoms with Crippen molar-refractivity contribution in [2.24, 2.45) is 0 Å². The van der Waals surface area contributed by atoms with E-state index in [1.165, 1.54) is 29.2 Å². The molecule has 0 unspecified atom stereocenters. The van der Waals surface area contributed by atoms with Crippen molar-refractivity contribution in [3.63, 3.8) is 0 Å². The van der Waals surface area contributed by atoms with Crippen molar-refractivity contribution in [3.8, 4) is 17.0 Å². The number of aromatic nitrogens is 1. The summed E-state index contributed by atoms with van der Waals surface area (Å²) < 4.78 is 5.47. The Kier molecular flexibility index (Phi) is 8.91. The largest absolute Gasteiger partial charge is 0.494 e. The van der Waals surface area contributed by atoms with Gasteiger partial charge in [0.15, 0.2) is 5.13 Å². The molecule has 6 nitrogen and oxygen atoms in total. The topological polar surface area (TPSA) is 80.3 Å². The summed E-state index contributed by atoms with van der Waals surface area (Å²) in [6, 6.07) is 24.8. The van der Waals surface area contributed by atoms with Crippen LogP contribution in [0.25, 0.3) is 17.3 Å². The molecule has 0 radical (unpaired) electrons. The molecule has 182 valence electrons. The van der Waals surface area contributed by atoms with E-state index in [2.05, 4.69) is 15.6 Å². The molecule has 0 aliphatic heterocycles. The van der Waals surface area contributed by atoms with E-state index in [0.29, 0.717) is 17.4 Å². The molecule has 8 heteroatoms. The molecule has 2 amide bonds. The molecule has 1 heterocycles. The monoisotopic (exact) mass is 515 g/mol. The Labute approximate surface area is 218 Å². The number of thiazole rings is 1. The summed E-state index contributed by atoms with van der Waals surface area (Å²) in [6.07, 6.45) is 3.26. The van der Waals surface area contributed by atoms with E-state index in [-0.39, 0.29) is 17.6 Å². The lowest BCUT2D eigenvalue weighted by Gasteiger charge is -2.06. The van der Waals surface area contributed by atoms with Crippen LogP contribution in [-0.4, -0.2) is 29.2 Å². The van der Waals surface area contributed by atoms with Gasteiger partial charge in [0.25, 0.3) is 0 Å². The standard InChI is InChI=1S/C28H25N3O3S2/c1-2-34-23-14-12-21(13-15-23)25-18-36-28(30-25)31-27(33)19-35-24-10-6-9-22(17-24)29-26(32)16-11-20-7-4-3-5-8-20/h3-18H,2,19H2,1H3,(H,29,32)(H,30,31,33)/b16-11+. The highest BCUT2D eigenvalue weighted by Crippen LogP contribution is 2.27. The first-order valence-electron chi connectivity index (χ1n) is 11.3. The first-order valence-corrected chi connectivity index (χ1v) is 13.2. The highest BCUT2D eigenvalue weighted by atomic mass is 32.2. The van der Waals surface area contributed by atoms with E-state index in [4.69, 9.17) is 4.74 Å². The van der Waals surface area contributed by atoms with Gasteiger partial charge in [-0.1, -0.05) is 36.4 Å². The predicted octanol–water partition coefficient (Wildman–Crippen LogP) is 6.59. The molecule has 0 aliphatic rings. The maximum absolute atomic E-state index is 12.5. The highest BCUT2D eigenvalue weighted by Gasteiger charge is 2.10. The summed E-state index contributed by atoms with van der Waals surface area (Å²) in [5, 5.41) is 8.18. The molecule has 0 saturated carbocycles. The van der Waals surface area contributed by atoms with E-state index in [1.807, 2.05) is 91.2 Å². The number of rotatable bonds is 10. The SMILES string of the molecule is CCOc1ccc(-c2csc(NC(=O)CSc3cccc(NC(=O)/C=C/c4ccccc4)c3)n2)cc1. The van der Waals surface area contributed by atoms with E-state index in [9.17, 15) is 9.59 Å². The molecule has 0 aliphatic carbocycles. The number of benzene rings is 3. The van der Waals surface area contributed by atoms with Gasteiger partial charge in [0.2, 0.25) is 11.8 Å². The van der Waals surface area contributed by atoms with E-state index in [0.717, 1.165) is 27.5 Å². The normalized spacial score (nSPS) is 10.8. The molecule has 0 atom stereocenters. The van der Waals surface area contributed by atoms with Crippen molar-refractivity contribution in [1.82, 2.24) is 4.98 Å². The number of amides is 2. The summed E-state index contributed by atoms with van der Waals surface area (Å²) >= 11 is 2.77. The van der Waals surface area contributed by atoms with Crippen molar-refractivity contribution in [2.45, 2.75) is 11.8 Å². The number of nitrogens with one attached hydrogen (secondary N) is 2. The van der Waals surface area contributed by atoms with Crippen LogP contribution in [0.2, 0.25) is 0 Å². The van der Waals surface area contributed by atoms with Crippen molar-refractivity contribution >= 4 is 51.8 Å². The zero-order valence-electron chi connectivity index (χ0n) is 19.6. The van der Waals surface area contributed by atoms with Crippen LogP contribution in [0.1, 0.15) is 12.5 Å².